The first-order valence-corrected chi connectivity index (χ1v) is 5.85. The molecule has 0 aliphatic carbocycles. The van der Waals surface area contributed by atoms with Gasteiger partial charge in [0.2, 0.25) is 5.28 Å². The van der Waals surface area contributed by atoms with E-state index in [2.05, 4.69) is 50.2 Å². The van der Waals surface area contributed by atoms with E-state index in [0.29, 0.717) is 18.6 Å². The Hall–Kier alpha value is 0.920. The zero-order valence-electron chi connectivity index (χ0n) is 6.35. The predicted octanol–water partition coefficient (Wildman–Crippen LogP) is 2.74. The smallest absolute Gasteiger partial charge is 0.206 e. The molecule has 0 N–H and O–H groups in total. The van der Waals surface area contributed by atoms with Crippen LogP contribution < -0.4 is 0 Å². The molecule has 1 aromatic heterocycles. The van der Waals surface area contributed by atoms with E-state index in [-0.39, 0.29) is 0 Å². The van der Waals surface area contributed by atoms with Crippen LogP contribution in [0.4, 0.5) is 0 Å². The molecular formula is C6H7ClI2N2O. The molecule has 6 heteroatoms. The Morgan fingerprint density at radius 2 is 2.25 bits per heavy atom. The first-order valence-electron chi connectivity index (χ1n) is 3.31. The third kappa shape index (κ3) is 2.46. The Morgan fingerprint density at radius 3 is 2.67 bits per heavy atom. The third-order valence-electron chi connectivity index (χ3n) is 1.24. The molecule has 0 aliphatic heterocycles. The second-order valence-electron chi connectivity index (χ2n) is 2.01. The number of hydrogen-bond acceptors (Lipinski definition) is 2. The van der Waals surface area contributed by atoms with Crippen molar-refractivity contribution in [1.29, 1.82) is 0 Å². The van der Waals surface area contributed by atoms with E-state index in [0.717, 1.165) is 7.40 Å². The summed E-state index contributed by atoms with van der Waals surface area (Å²) in [5.74, 6) is 0. The van der Waals surface area contributed by atoms with Crippen LogP contribution in [0.5, 0.6) is 0 Å². The van der Waals surface area contributed by atoms with E-state index in [9.17, 15) is 0 Å². The van der Waals surface area contributed by atoms with Crippen LogP contribution in [0.25, 0.3) is 0 Å². The fourth-order valence-electron chi connectivity index (χ4n) is 0.672. The average Bonchev–Trinajstić information content (AvgIpc) is 2.25. The van der Waals surface area contributed by atoms with Gasteiger partial charge in [-0.2, -0.15) is 0 Å². The number of halogens is 3. The maximum absolute atomic E-state index is 5.85. The summed E-state index contributed by atoms with van der Waals surface area (Å²) in [5.41, 5.74) is 0. The van der Waals surface area contributed by atoms with Gasteiger partial charge in [0.25, 0.3) is 0 Å². The summed E-state index contributed by atoms with van der Waals surface area (Å²) in [4.78, 5) is 4.09. The van der Waals surface area contributed by atoms with E-state index in [4.69, 9.17) is 16.3 Å². The average molecular weight is 412 g/mol. The SMILES string of the molecule is CCOCn1c(Cl)nc(I)c1I. The number of ether oxygens (including phenoxy) is 1. The largest absolute Gasteiger partial charge is 0.361 e. The van der Waals surface area contributed by atoms with Crippen LogP contribution in [0, 0.1) is 7.40 Å². The minimum absolute atomic E-state index is 0.476. The second-order valence-corrected chi connectivity index (χ2v) is 4.39. The van der Waals surface area contributed by atoms with Gasteiger partial charge in [-0.15, -0.1) is 0 Å². The predicted molar refractivity (Wildman–Crippen MR) is 64.3 cm³/mol. The molecule has 12 heavy (non-hydrogen) atoms. The summed E-state index contributed by atoms with van der Waals surface area (Å²) in [5, 5.41) is 0.484. The molecule has 0 amide bonds. The van der Waals surface area contributed by atoms with Gasteiger partial charge in [0.1, 0.15) is 14.1 Å². The summed E-state index contributed by atoms with van der Waals surface area (Å²) >= 11 is 10.2. The van der Waals surface area contributed by atoms with Crippen LogP contribution in [-0.2, 0) is 11.5 Å². The van der Waals surface area contributed by atoms with Gasteiger partial charge in [0, 0.05) is 6.61 Å². The number of rotatable bonds is 3. The van der Waals surface area contributed by atoms with Crippen molar-refractivity contribution >= 4 is 56.8 Å². The summed E-state index contributed by atoms with van der Waals surface area (Å²) in [6.45, 7) is 3.10. The van der Waals surface area contributed by atoms with Crippen molar-refractivity contribution in [3.05, 3.63) is 12.7 Å². The van der Waals surface area contributed by atoms with Crippen molar-refractivity contribution in [3.8, 4) is 0 Å². The van der Waals surface area contributed by atoms with Crippen LogP contribution >= 0.6 is 56.8 Å². The number of nitrogens with zero attached hydrogens (tertiary/aromatic N) is 2. The molecule has 0 fully saturated rings. The van der Waals surface area contributed by atoms with Gasteiger partial charge in [0.05, 0.1) is 0 Å². The lowest BCUT2D eigenvalue weighted by atomic mass is 10.8. The van der Waals surface area contributed by atoms with E-state index < -0.39 is 0 Å². The van der Waals surface area contributed by atoms with Crippen molar-refractivity contribution in [1.82, 2.24) is 9.55 Å². The highest BCUT2D eigenvalue weighted by Crippen LogP contribution is 2.19. The molecule has 0 spiro atoms. The normalized spacial score (nSPS) is 10.7. The van der Waals surface area contributed by atoms with Gasteiger partial charge in [0.15, 0.2) is 0 Å². The van der Waals surface area contributed by atoms with Gasteiger partial charge >= 0.3 is 0 Å². The number of hydrogen-bond donors (Lipinski definition) is 0. The number of aromatic nitrogens is 2. The van der Waals surface area contributed by atoms with E-state index >= 15 is 0 Å². The van der Waals surface area contributed by atoms with E-state index in [1.54, 1.807) is 0 Å². The quantitative estimate of drug-likeness (QED) is 0.714. The Kier molecular flexibility index (Phi) is 4.55. The lowest BCUT2D eigenvalue weighted by molar-refractivity contribution is 0.0863. The maximum atomic E-state index is 5.85. The Bertz CT molecular complexity index is 277. The fourth-order valence-corrected chi connectivity index (χ4v) is 2.18. The van der Waals surface area contributed by atoms with Crippen LogP contribution in [-0.4, -0.2) is 16.2 Å². The number of imidazole rings is 1. The molecule has 0 radical (unpaired) electrons. The topological polar surface area (TPSA) is 27.1 Å². The Morgan fingerprint density at radius 1 is 1.58 bits per heavy atom. The van der Waals surface area contributed by atoms with Crippen LogP contribution in [0.1, 0.15) is 6.92 Å². The Balaban J connectivity index is 2.82. The van der Waals surface area contributed by atoms with Crippen LogP contribution in [0.15, 0.2) is 0 Å². The van der Waals surface area contributed by atoms with Gasteiger partial charge in [-0.25, -0.2) is 4.98 Å². The molecule has 3 nitrogen and oxygen atoms in total. The molecule has 0 saturated heterocycles. The highest BCUT2D eigenvalue weighted by Gasteiger charge is 2.10. The maximum Gasteiger partial charge on any atom is 0.206 e. The molecule has 0 unspecified atom stereocenters. The van der Waals surface area contributed by atoms with Gasteiger partial charge in [-0.05, 0) is 63.7 Å². The van der Waals surface area contributed by atoms with Gasteiger partial charge < -0.3 is 4.74 Å². The van der Waals surface area contributed by atoms with Crippen molar-refractivity contribution in [2.45, 2.75) is 13.7 Å². The summed E-state index contributed by atoms with van der Waals surface area (Å²) in [7, 11) is 0. The summed E-state index contributed by atoms with van der Waals surface area (Å²) in [6.07, 6.45) is 0. The van der Waals surface area contributed by atoms with Gasteiger partial charge in [-0.1, -0.05) is 0 Å². The molecule has 0 aromatic carbocycles. The molecule has 0 saturated carbocycles. The zero-order valence-corrected chi connectivity index (χ0v) is 11.4. The molecule has 1 heterocycles. The molecule has 1 rings (SSSR count). The van der Waals surface area contributed by atoms with E-state index in [1.165, 1.54) is 0 Å². The minimum atomic E-state index is 0.476. The zero-order chi connectivity index (χ0) is 9.14. The summed E-state index contributed by atoms with van der Waals surface area (Å²) < 4.78 is 8.99. The molecular weight excluding hydrogens is 405 g/mol. The van der Waals surface area contributed by atoms with Crippen molar-refractivity contribution < 1.29 is 4.74 Å². The molecule has 1 aromatic rings. The minimum Gasteiger partial charge on any atom is -0.361 e. The lowest BCUT2D eigenvalue weighted by Gasteiger charge is -2.04. The lowest BCUT2D eigenvalue weighted by Crippen LogP contribution is -2.04. The molecule has 0 atom stereocenters. The monoisotopic (exact) mass is 412 g/mol. The Labute approximate surface area is 103 Å². The van der Waals surface area contributed by atoms with Crippen LogP contribution in [0.3, 0.4) is 0 Å². The standard InChI is InChI=1S/C6H7ClI2N2O/c1-2-12-3-11-5(9)4(8)10-6(11)7/h2-3H2,1H3. The van der Waals surface area contributed by atoms with Crippen molar-refractivity contribution in [3.63, 3.8) is 0 Å². The van der Waals surface area contributed by atoms with Crippen molar-refractivity contribution in [2.75, 3.05) is 6.61 Å². The first-order chi connectivity index (χ1) is 5.66. The summed E-state index contributed by atoms with van der Waals surface area (Å²) in [6, 6.07) is 0. The van der Waals surface area contributed by atoms with Crippen LogP contribution in [0.2, 0.25) is 5.28 Å². The molecule has 0 bridgehead atoms. The molecule has 68 valence electrons. The highest BCUT2D eigenvalue weighted by molar-refractivity contribution is 14.1. The fraction of sp³-hybridized carbons (Fsp3) is 0.500. The van der Waals surface area contributed by atoms with Crippen molar-refractivity contribution in [2.24, 2.45) is 0 Å². The van der Waals surface area contributed by atoms with Gasteiger partial charge in [-0.3, -0.25) is 4.57 Å². The third-order valence-corrected chi connectivity index (χ3v) is 4.41. The first kappa shape index (κ1) is 11.0. The highest BCUT2D eigenvalue weighted by atomic mass is 127. The molecule has 0 aliphatic rings. The second kappa shape index (κ2) is 4.97. The van der Waals surface area contributed by atoms with E-state index in [1.807, 2.05) is 11.5 Å².